The summed E-state index contributed by atoms with van der Waals surface area (Å²) in [7, 11) is 0. The Labute approximate surface area is 773 Å². The SMILES string of the molecule is C/C=C\CO.C=CCOC(=O)c1ccccc1C(=O)OCC=C.C=CCOc1nc(OCC=C)nc(OCC=C)n1.C=Cc1ccccc1.Cc1c(N=C=O)cccc1N=C=O.Cc1ccc(N=C=O)cc1N=C=O.O=C=NC1CCC(CC2CCC(N=C=O)CC2)CC1.O=C=NCCCCCCN=C=O.OCC(O)C(O)C(O)C(O)CO.OCC(O)CO.OCCCO.OCCO. The van der Waals surface area contributed by atoms with E-state index in [2.05, 4.69) is 94.4 Å². The molecule has 2 aliphatic rings. The Hall–Kier alpha value is -13.1. The highest BCUT2D eigenvalue weighted by molar-refractivity contribution is 6.03. The summed E-state index contributed by atoms with van der Waals surface area (Å²) >= 11 is 0. The van der Waals surface area contributed by atoms with E-state index in [1.165, 1.54) is 104 Å². The van der Waals surface area contributed by atoms with Crippen molar-refractivity contribution in [1.82, 2.24) is 15.0 Å². The lowest BCUT2D eigenvalue weighted by Crippen LogP contribution is -2.46. The second-order valence-electron chi connectivity index (χ2n) is 26.5. The highest BCUT2D eigenvalue weighted by Crippen LogP contribution is 2.37. The van der Waals surface area contributed by atoms with Crippen molar-refractivity contribution in [3.05, 3.63) is 201 Å². The number of aliphatic hydroxyl groups is 14. The van der Waals surface area contributed by atoms with Crippen LogP contribution in [0, 0.1) is 25.7 Å². The number of unbranched alkanes of at least 4 members (excludes halogenated alkanes) is 3. The topological polar surface area (TPSA) is 638 Å². The first-order valence-corrected chi connectivity index (χ1v) is 41.3. The summed E-state index contributed by atoms with van der Waals surface area (Å²) in [5, 5.41) is 115. The molecule has 0 amide bonds. The lowest BCUT2D eigenvalue weighted by molar-refractivity contribution is -0.123. The first-order valence-electron chi connectivity index (χ1n) is 41.3. The van der Waals surface area contributed by atoms with E-state index in [1.807, 2.05) is 43.3 Å². The standard InChI is InChI=1S/C15H22N2O2.C14H14O4.C12H15N3O3.2C9H6N2O2.C8H12N2O2.C8H8.C6H14O6.C4H8O.C3H8O3.C3H8O2.C2H6O2/c18-10-16-14-5-1-12(2-6-14)9-13-3-7-15(8-4-13)17-11-19;1-3-9-17-13(15)11-7-5-6-8-12(11)14(16)18-10-4-2;1-4-7-16-10-13-11(17-8-5-2)15-12(14-10)18-9-6-3;1-7-2-3-8(10-5-12)4-9(7)11-6-13;1-7-8(10-5-12)3-2-4-9(7)11-6-13;11-7-9-5-3-1-2-4-6-10-8-12;1-2-8-6-4-3-5-7-8;7-1-3(9)5(11)6(12)4(10)2-8;1-2-3-4-5;4-1-3(6)2-5;4-2-1-3-5;3-1-2-4/h12-15H,1-9H2;3-8H,1-2,9-10H2;4-6H,1-3,7-9H2;2*2-4H,1H3;1-6H2;2-7H,1H2;3-12H,1-2H2;2-3,5H,4H2,1H3;3-6H,1-2H2;4-5H,1-3H2;3-4H,1-2H2/b;;;;;;;;3-2-;;;. The van der Waals surface area contributed by atoms with Gasteiger partial charge in [0, 0.05) is 18.8 Å². The number of carbonyl (C=O) groups is 2. The number of benzene rings is 4. The summed E-state index contributed by atoms with van der Waals surface area (Å²) < 4.78 is 25.4. The molecule has 0 spiro atoms. The molecule has 0 aliphatic heterocycles. The molecule has 0 radical (unpaired) electrons. The number of carbonyl (C=O) groups excluding carboxylic acids is 10. The Morgan fingerprint density at radius 3 is 1.11 bits per heavy atom. The van der Waals surface area contributed by atoms with E-state index >= 15 is 0 Å². The van der Waals surface area contributed by atoms with E-state index in [0.29, 0.717) is 47.8 Å². The fourth-order valence-electron chi connectivity index (χ4n) is 9.98. The molecule has 0 bridgehead atoms. The number of isocyanates is 8. The first-order chi connectivity index (χ1) is 64.3. The molecule has 133 heavy (non-hydrogen) atoms. The van der Waals surface area contributed by atoms with Crippen LogP contribution in [-0.4, -0.2) is 295 Å². The maximum absolute atomic E-state index is 11.7. The fourth-order valence-corrected chi connectivity index (χ4v) is 9.98. The summed E-state index contributed by atoms with van der Waals surface area (Å²) in [6.07, 6.45) is 32.3. The van der Waals surface area contributed by atoms with Gasteiger partial charge in [0.25, 0.3) is 0 Å². The van der Waals surface area contributed by atoms with Crippen LogP contribution in [0.15, 0.2) is 213 Å². The predicted octanol–water partition coefficient (Wildman–Crippen LogP) is 8.14. The number of aliphatic imine (C=N–C) groups is 8. The summed E-state index contributed by atoms with van der Waals surface area (Å²) in [6.45, 7) is 26.6. The summed E-state index contributed by atoms with van der Waals surface area (Å²) in [5.41, 5.74) is 4.83. The number of nitrogens with zero attached hydrogens (tertiary/aromatic N) is 11. The molecule has 4 atom stereocenters. The van der Waals surface area contributed by atoms with Crippen LogP contribution in [-0.2, 0) is 47.8 Å². The average molecular weight is 1860 g/mol. The van der Waals surface area contributed by atoms with E-state index in [9.17, 15) is 47.9 Å². The molecule has 14 N–H and O–H groups in total. The molecule has 0 saturated heterocycles. The van der Waals surface area contributed by atoms with Gasteiger partial charge in [-0.3, -0.25) is 0 Å². The maximum atomic E-state index is 11.7. The molecule has 40 heteroatoms. The largest absolute Gasteiger partial charge is 0.459 e. The van der Waals surface area contributed by atoms with Crippen LogP contribution < -0.4 is 14.2 Å². The molecule has 7 rings (SSSR count). The number of aromatic nitrogens is 3. The van der Waals surface area contributed by atoms with Crippen molar-refractivity contribution in [3.63, 3.8) is 0 Å². The Morgan fingerprint density at radius 2 is 0.820 bits per heavy atom. The van der Waals surface area contributed by atoms with Gasteiger partial charge in [0.15, 0.2) is 0 Å². The minimum absolute atomic E-state index is 0.0921. The minimum Gasteiger partial charge on any atom is -0.459 e. The van der Waals surface area contributed by atoms with Crippen molar-refractivity contribution in [2.45, 2.75) is 153 Å². The zero-order valence-electron chi connectivity index (χ0n) is 75.2. The number of hydrogen-bond donors (Lipinski definition) is 14. The van der Waals surface area contributed by atoms with Crippen LogP contribution in [0.2, 0.25) is 0 Å². The highest BCUT2D eigenvalue weighted by Gasteiger charge is 2.30. The second kappa shape index (κ2) is 93.6. The Balaban J connectivity index is -0.000000459. The van der Waals surface area contributed by atoms with Gasteiger partial charge in [0.05, 0.1) is 105 Å². The molecule has 4 aromatic carbocycles. The number of hydrogen-bond acceptors (Lipinski definition) is 40. The zero-order chi connectivity index (χ0) is 101. The summed E-state index contributed by atoms with van der Waals surface area (Å²) in [4.78, 5) is 143. The molecule has 5 aromatic rings. The van der Waals surface area contributed by atoms with E-state index in [-0.39, 0.29) is 121 Å². The third-order valence-electron chi connectivity index (χ3n) is 16.7. The number of ether oxygens (including phenoxy) is 5. The molecular formula is C93H127N11O29. The minimum atomic E-state index is -1.67. The van der Waals surface area contributed by atoms with Crippen molar-refractivity contribution < 1.29 is 143 Å². The Morgan fingerprint density at radius 1 is 0.436 bits per heavy atom. The number of aliphatic hydroxyl groups excluding tert-OH is 14. The lowest BCUT2D eigenvalue weighted by Gasteiger charge is -2.31. The number of rotatable bonds is 42. The zero-order valence-corrected chi connectivity index (χ0v) is 75.2. The predicted molar refractivity (Wildman–Crippen MR) is 494 cm³/mol. The maximum Gasteiger partial charge on any atom is 0.339 e. The van der Waals surface area contributed by atoms with Crippen molar-refractivity contribution in [3.8, 4) is 18.0 Å². The fraction of sp³-hybridized carbons (Fsp3) is 0.452. The Bertz CT molecular complexity index is 4150. The normalized spacial score (nSPS) is 13.7. The first kappa shape index (κ1) is 128. The van der Waals surface area contributed by atoms with Crippen molar-refractivity contribution in [2.24, 2.45) is 51.8 Å². The van der Waals surface area contributed by atoms with E-state index in [0.717, 1.165) is 68.8 Å². The van der Waals surface area contributed by atoms with Crippen LogP contribution in [0.5, 0.6) is 18.0 Å². The van der Waals surface area contributed by atoms with Crippen LogP contribution in [0.3, 0.4) is 0 Å². The van der Waals surface area contributed by atoms with Crippen LogP contribution in [0.1, 0.15) is 134 Å². The molecular weight excluding hydrogens is 1740 g/mol. The molecule has 728 valence electrons. The summed E-state index contributed by atoms with van der Waals surface area (Å²) in [5.74, 6) is 0.436. The van der Waals surface area contributed by atoms with Gasteiger partial charge in [-0.1, -0.05) is 156 Å². The molecule has 4 unspecified atom stereocenters. The van der Waals surface area contributed by atoms with E-state index < -0.39 is 55.7 Å². The van der Waals surface area contributed by atoms with Crippen molar-refractivity contribution >= 4 is 89.4 Å². The summed E-state index contributed by atoms with van der Waals surface area (Å²) in [6, 6.07) is 27.0. The van der Waals surface area contributed by atoms with Gasteiger partial charge in [-0.2, -0.15) is 20.0 Å². The average Bonchev–Trinajstić information content (AvgIpc) is 0.830. The molecule has 40 nitrogen and oxygen atoms in total. The second-order valence-corrected chi connectivity index (χ2v) is 26.5. The van der Waals surface area contributed by atoms with E-state index in [1.54, 1.807) is 98.9 Å². The highest BCUT2D eigenvalue weighted by atomic mass is 16.5. The van der Waals surface area contributed by atoms with Crippen LogP contribution in [0.25, 0.3) is 6.08 Å². The molecule has 2 aliphatic carbocycles. The smallest absolute Gasteiger partial charge is 0.339 e. The van der Waals surface area contributed by atoms with Gasteiger partial charge in [0.1, 0.15) is 63.6 Å². The van der Waals surface area contributed by atoms with Crippen LogP contribution >= 0.6 is 0 Å². The van der Waals surface area contributed by atoms with Gasteiger partial charge in [-0.25, -0.2) is 67.9 Å². The number of allylic oxidation sites excluding steroid dienone is 1. The number of aryl methyl sites for hydroxylation is 1. The lowest BCUT2D eigenvalue weighted by atomic mass is 9.76. The van der Waals surface area contributed by atoms with Gasteiger partial charge < -0.3 is 95.2 Å². The van der Waals surface area contributed by atoms with Gasteiger partial charge in [-0.05, 0) is 157 Å². The van der Waals surface area contributed by atoms with E-state index in [4.69, 9.17) is 95.2 Å². The van der Waals surface area contributed by atoms with Gasteiger partial charge in [0.2, 0.25) is 48.6 Å². The van der Waals surface area contributed by atoms with Gasteiger partial charge in [-0.15, -0.1) is 15.0 Å². The third kappa shape index (κ3) is 71.3. The quantitative estimate of drug-likeness (QED) is 0.00576. The van der Waals surface area contributed by atoms with Crippen molar-refractivity contribution in [1.29, 1.82) is 0 Å². The van der Waals surface area contributed by atoms with Crippen molar-refractivity contribution in [2.75, 3.05) is 106 Å². The van der Waals surface area contributed by atoms with Crippen LogP contribution in [0.4, 0.5) is 22.7 Å². The number of esters is 2. The molecule has 1 aromatic heterocycles. The third-order valence-corrected chi connectivity index (χ3v) is 16.7. The molecule has 2 saturated carbocycles. The Kier molecular flexibility index (Phi) is 90.3. The monoisotopic (exact) mass is 1860 g/mol. The molecule has 2 fully saturated rings. The molecule has 1 heterocycles. The van der Waals surface area contributed by atoms with Gasteiger partial charge >= 0.3 is 30.0 Å².